The molecule has 5 nitrogen and oxygen atoms in total. The van der Waals surface area contributed by atoms with Crippen molar-refractivity contribution in [2.75, 3.05) is 18.9 Å². The van der Waals surface area contributed by atoms with Crippen molar-refractivity contribution in [3.8, 4) is 0 Å². The number of nitrogens with two attached hydrogens (primary N) is 1. The third-order valence-corrected chi connectivity index (χ3v) is 5.62. The lowest BCUT2D eigenvalue weighted by Crippen LogP contribution is -2.35. The maximum Gasteiger partial charge on any atom is 0.242 e. The van der Waals surface area contributed by atoms with Crippen LogP contribution < -0.4 is 10.5 Å². The van der Waals surface area contributed by atoms with Gasteiger partial charge in [0.15, 0.2) is 0 Å². The second-order valence-corrected chi connectivity index (χ2v) is 7.23. The first kappa shape index (κ1) is 16.2. The van der Waals surface area contributed by atoms with Gasteiger partial charge in [-0.15, -0.1) is 0 Å². The lowest BCUT2D eigenvalue weighted by atomic mass is 9.80. The zero-order chi connectivity index (χ0) is 15.5. The normalized spacial score (nSPS) is 23.1. The van der Waals surface area contributed by atoms with Crippen LogP contribution in [0.5, 0.6) is 0 Å². The van der Waals surface area contributed by atoms with Crippen LogP contribution in [0.3, 0.4) is 0 Å². The van der Waals surface area contributed by atoms with E-state index in [0.29, 0.717) is 0 Å². The molecule has 0 radical (unpaired) electrons. The molecule has 1 aliphatic rings. The van der Waals surface area contributed by atoms with E-state index >= 15 is 0 Å². The summed E-state index contributed by atoms with van der Waals surface area (Å²) in [5.41, 5.74) is 5.13. The van der Waals surface area contributed by atoms with Crippen LogP contribution >= 0.6 is 0 Å². The van der Waals surface area contributed by atoms with Crippen molar-refractivity contribution in [3.05, 3.63) is 24.0 Å². The summed E-state index contributed by atoms with van der Waals surface area (Å²) >= 11 is 0. The molecule has 0 amide bonds. The van der Waals surface area contributed by atoms with Crippen LogP contribution in [0.4, 0.5) is 10.1 Å². The van der Waals surface area contributed by atoms with Gasteiger partial charge in [0.1, 0.15) is 10.7 Å². The molecule has 2 rings (SSSR count). The van der Waals surface area contributed by atoms with Gasteiger partial charge in [-0.2, -0.15) is 0 Å². The number of sulfonamides is 1. The Morgan fingerprint density at radius 3 is 2.62 bits per heavy atom. The lowest BCUT2D eigenvalue weighted by Gasteiger charge is -2.30. The maximum atomic E-state index is 13.4. The minimum absolute atomic E-state index is 0.0640. The Bertz CT molecular complexity index is 592. The minimum Gasteiger partial charge on any atom is -0.396 e. The first-order valence-electron chi connectivity index (χ1n) is 7.10. The predicted molar refractivity (Wildman–Crippen MR) is 78.5 cm³/mol. The Hall–Kier alpha value is -1.18. The molecule has 1 saturated carbocycles. The molecule has 7 heteroatoms. The number of nitrogens with one attached hydrogen (secondary N) is 1. The second-order valence-electron chi connectivity index (χ2n) is 5.49. The standard InChI is InChI=1S/C14H21FN2O3S/c15-12-6-3-7-13(14(12)16)21(19,20)17-8-10-4-1-2-5-11(10)9-18/h3,6-7,10-11,17-18H,1-2,4-5,8-9,16H2. The summed E-state index contributed by atoms with van der Waals surface area (Å²) in [5, 5.41) is 9.34. The fraction of sp³-hybridized carbons (Fsp3) is 0.571. The number of para-hydroxylation sites is 1. The van der Waals surface area contributed by atoms with Crippen molar-refractivity contribution in [1.82, 2.24) is 4.72 Å². The average molecular weight is 316 g/mol. The molecule has 1 aromatic rings. The van der Waals surface area contributed by atoms with Crippen molar-refractivity contribution in [2.24, 2.45) is 11.8 Å². The molecule has 1 fully saturated rings. The van der Waals surface area contributed by atoms with Gasteiger partial charge in [0.05, 0.1) is 5.69 Å². The number of aliphatic hydroxyl groups excluding tert-OH is 1. The highest BCUT2D eigenvalue weighted by atomic mass is 32.2. The molecule has 0 aliphatic heterocycles. The lowest BCUT2D eigenvalue weighted by molar-refractivity contribution is 0.136. The Morgan fingerprint density at radius 2 is 1.95 bits per heavy atom. The van der Waals surface area contributed by atoms with Gasteiger partial charge in [0.2, 0.25) is 10.0 Å². The summed E-state index contributed by atoms with van der Waals surface area (Å²) < 4.78 is 40.3. The zero-order valence-electron chi connectivity index (χ0n) is 11.8. The van der Waals surface area contributed by atoms with Crippen LogP contribution in [0.15, 0.2) is 23.1 Å². The largest absolute Gasteiger partial charge is 0.396 e. The van der Waals surface area contributed by atoms with Gasteiger partial charge in [-0.05, 0) is 36.8 Å². The molecule has 0 saturated heterocycles. The number of hydrogen-bond donors (Lipinski definition) is 3. The van der Waals surface area contributed by atoms with E-state index in [-0.39, 0.29) is 35.6 Å². The van der Waals surface area contributed by atoms with E-state index in [4.69, 9.17) is 5.73 Å². The van der Waals surface area contributed by atoms with Gasteiger partial charge < -0.3 is 10.8 Å². The van der Waals surface area contributed by atoms with Crippen LogP contribution in [0, 0.1) is 17.7 Å². The highest BCUT2D eigenvalue weighted by molar-refractivity contribution is 7.89. The Balaban J connectivity index is 2.09. The van der Waals surface area contributed by atoms with Gasteiger partial charge in [0.25, 0.3) is 0 Å². The molecule has 2 unspecified atom stereocenters. The molecule has 4 N–H and O–H groups in total. The third-order valence-electron chi connectivity index (χ3n) is 4.14. The number of aliphatic hydroxyl groups is 1. The monoisotopic (exact) mass is 316 g/mol. The van der Waals surface area contributed by atoms with E-state index in [1.54, 1.807) is 0 Å². The zero-order valence-corrected chi connectivity index (χ0v) is 12.6. The number of nitrogen functional groups attached to an aromatic ring is 1. The van der Waals surface area contributed by atoms with E-state index < -0.39 is 15.8 Å². The number of halogens is 1. The highest BCUT2D eigenvalue weighted by Crippen LogP contribution is 2.29. The van der Waals surface area contributed by atoms with E-state index in [2.05, 4.69) is 4.72 Å². The SMILES string of the molecule is Nc1c(F)cccc1S(=O)(=O)NCC1CCCCC1CO. The molecule has 118 valence electrons. The van der Waals surface area contributed by atoms with E-state index in [0.717, 1.165) is 31.7 Å². The third kappa shape index (κ3) is 3.72. The summed E-state index contributed by atoms with van der Waals surface area (Å²) in [5.74, 6) is -0.525. The van der Waals surface area contributed by atoms with Crippen molar-refractivity contribution in [3.63, 3.8) is 0 Å². The summed E-state index contributed by atoms with van der Waals surface area (Å²) in [4.78, 5) is -0.237. The molecule has 0 heterocycles. The Kier molecular flexibility index (Phi) is 5.18. The molecule has 1 aliphatic carbocycles. The van der Waals surface area contributed by atoms with Crippen LogP contribution in [0.2, 0.25) is 0 Å². The van der Waals surface area contributed by atoms with Gasteiger partial charge in [-0.3, -0.25) is 0 Å². The first-order valence-corrected chi connectivity index (χ1v) is 8.58. The predicted octanol–water partition coefficient (Wildman–Crippen LogP) is 1.48. The molecule has 0 aromatic heterocycles. The Morgan fingerprint density at radius 1 is 1.29 bits per heavy atom. The summed E-state index contributed by atoms with van der Waals surface area (Å²) in [6.45, 7) is 0.304. The molecule has 2 atom stereocenters. The van der Waals surface area contributed by atoms with Crippen molar-refractivity contribution in [2.45, 2.75) is 30.6 Å². The topological polar surface area (TPSA) is 92.4 Å². The molecule has 21 heavy (non-hydrogen) atoms. The summed E-state index contributed by atoms with van der Waals surface area (Å²) in [6, 6.07) is 3.72. The van der Waals surface area contributed by atoms with Crippen LogP contribution in [-0.2, 0) is 10.0 Å². The van der Waals surface area contributed by atoms with Crippen molar-refractivity contribution >= 4 is 15.7 Å². The number of benzene rings is 1. The molecular formula is C14H21FN2O3S. The first-order chi connectivity index (χ1) is 9.95. The fourth-order valence-electron chi connectivity index (χ4n) is 2.84. The maximum absolute atomic E-state index is 13.4. The van der Waals surface area contributed by atoms with Crippen molar-refractivity contribution < 1.29 is 17.9 Å². The van der Waals surface area contributed by atoms with Gasteiger partial charge in [-0.1, -0.05) is 18.9 Å². The van der Waals surface area contributed by atoms with Crippen LogP contribution in [0.1, 0.15) is 25.7 Å². The minimum atomic E-state index is -3.84. The smallest absolute Gasteiger partial charge is 0.242 e. The van der Waals surface area contributed by atoms with E-state index in [9.17, 15) is 17.9 Å². The highest BCUT2D eigenvalue weighted by Gasteiger charge is 2.27. The Labute approximate surface area is 124 Å². The average Bonchev–Trinajstić information content (AvgIpc) is 2.48. The molecular weight excluding hydrogens is 295 g/mol. The summed E-state index contributed by atoms with van der Waals surface area (Å²) in [6.07, 6.45) is 3.88. The fourth-order valence-corrected chi connectivity index (χ4v) is 4.07. The van der Waals surface area contributed by atoms with E-state index in [1.165, 1.54) is 12.1 Å². The van der Waals surface area contributed by atoms with Crippen LogP contribution in [0.25, 0.3) is 0 Å². The quantitative estimate of drug-likeness (QED) is 0.718. The van der Waals surface area contributed by atoms with E-state index in [1.807, 2.05) is 0 Å². The van der Waals surface area contributed by atoms with Gasteiger partial charge >= 0.3 is 0 Å². The molecule has 1 aromatic carbocycles. The summed E-state index contributed by atoms with van der Waals surface area (Å²) in [7, 11) is -3.84. The number of anilines is 1. The van der Waals surface area contributed by atoms with Crippen LogP contribution in [-0.4, -0.2) is 26.7 Å². The molecule has 0 spiro atoms. The van der Waals surface area contributed by atoms with Gasteiger partial charge in [-0.25, -0.2) is 17.5 Å². The van der Waals surface area contributed by atoms with Crippen molar-refractivity contribution in [1.29, 1.82) is 0 Å². The van der Waals surface area contributed by atoms with Gasteiger partial charge in [0, 0.05) is 13.2 Å². The molecule has 0 bridgehead atoms. The number of hydrogen-bond acceptors (Lipinski definition) is 4. The number of rotatable bonds is 5. The second kappa shape index (κ2) is 6.72.